The topological polar surface area (TPSA) is 63.1 Å². The van der Waals surface area contributed by atoms with Crippen LogP contribution >= 0.6 is 11.8 Å². The molecule has 2 heterocycles. The maximum absolute atomic E-state index is 11.3. The van der Waals surface area contributed by atoms with Gasteiger partial charge in [0.15, 0.2) is 0 Å². The van der Waals surface area contributed by atoms with Gasteiger partial charge in [-0.05, 0) is 49.4 Å². The van der Waals surface area contributed by atoms with Crippen molar-refractivity contribution in [2.45, 2.75) is 23.9 Å². The number of nitrogens with zero attached hydrogens (tertiary/aromatic N) is 2. The molecule has 92 valence electrons. The van der Waals surface area contributed by atoms with Crippen LogP contribution < -0.4 is 0 Å². The third kappa shape index (κ3) is 2.68. The highest BCUT2D eigenvalue weighted by molar-refractivity contribution is 7.99. The van der Waals surface area contributed by atoms with Crippen LogP contribution in [0.2, 0.25) is 0 Å². The van der Waals surface area contributed by atoms with Gasteiger partial charge in [-0.25, -0.2) is 14.8 Å². The van der Waals surface area contributed by atoms with Crippen LogP contribution in [-0.2, 0) is 0 Å². The summed E-state index contributed by atoms with van der Waals surface area (Å²) in [6.45, 7) is 3.63. The van der Waals surface area contributed by atoms with Crippen molar-refractivity contribution in [2.24, 2.45) is 0 Å². The highest BCUT2D eigenvalue weighted by Crippen LogP contribution is 2.29. The maximum Gasteiger partial charge on any atom is 0.338 e. The van der Waals surface area contributed by atoms with E-state index in [0.29, 0.717) is 10.6 Å². The Morgan fingerprint density at radius 3 is 2.72 bits per heavy atom. The molecule has 0 atom stereocenters. The van der Waals surface area contributed by atoms with Crippen molar-refractivity contribution in [3.63, 3.8) is 0 Å². The van der Waals surface area contributed by atoms with Crippen LogP contribution in [0.4, 0.5) is 0 Å². The number of carboxylic acid groups (broad SMARTS) is 1. The van der Waals surface area contributed by atoms with Crippen LogP contribution in [-0.4, -0.2) is 21.0 Å². The van der Waals surface area contributed by atoms with Crippen molar-refractivity contribution >= 4 is 17.7 Å². The average molecular weight is 260 g/mol. The normalized spacial score (nSPS) is 10.3. The van der Waals surface area contributed by atoms with Gasteiger partial charge in [0.1, 0.15) is 10.1 Å². The Morgan fingerprint density at radius 1 is 1.33 bits per heavy atom. The second-order valence-electron chi connectivity index (χ2n) is 3.84. The zero-order valence-corrected chi connectivity index (χ0v) is 10.9. The summed E-state index contributed by atoms with van der Waals surface area (Å²) in [5, 5.41) is 10.5. The highest BCUT2D eigenvalue weighted by atomic mass is 32.2. The minimum absolute atomic E-state index is 0.247. The van der Waals surface area contributed by atoms with Crippen LogP contribution in [0.25, 0.3) is 0 Å². The van der Waals surface area contributed by atoms with Gasteiger partial charge < -0.3 is 5.11 Å². The average Bonchev–Trinajstić information content (AvgIpc) is 2.28. The molecule has 1 N–H and O–H groups in total. The van der Waals surface area contributed by atoms with Crippen LogP contribution in [0.5, 0.6) is 0 Å². The first-order valence-corrected chi connectivity index (χ1v) is 6.20. The fraction of sp³-hybridized carbons (Fsp3) is 0.154. The Balaban J connectivity index is 2.46. The lowest BCUT2D eigenvalue weighted by Gasteiger charge is -2.08. The summed E-state index contributed by atoms with van der Waals surface area (Å²) in [5.74, 6) is -0.960. The fourth-order valence-corrected chi connectivity index (χ4v) is 2.64. The second kappa shape index (κ2) is 5.18. The molecule has 2 aromatic rings. The van der Waals surface area contributed by atoms with Gasteiger partial charge >= 0.3 is 5.97 Å². The molecule has 2 aromatic heterocycles. The molecule has 0 saturated heterocycles. The molecule has 2 rings (SSSR count). The number of aromatic nitrogens is 2. The van der Waals surface area contributed by atoms with E-state index in [1.165, 1.54) is 11.8 Å². The lowest BCUT2D eigenvalue weighted by atomic mass is 10.1. The van der Waals surface area contributed by atoms with Crippen molar-refractivity contribution in [1.82, 2.24) is 9.97 Å². The smallest absolute Gasteiger partial charge is 0.338 e. The van der Waals surface area contributed by atoms with Crippen molar-refractivity contribution < 1.29 is 9.90 Å². The molecule has 0 aromatic carbocycles. The van der Waals surface area contributed by atoms with Crippen LogP contribution in [0.15, 0.2) is 40.5 Å². The zero-order valence-electron chi connectivity index (χ0n) is 10.0. The molecule has 0 aliphatic heterocycles. The Hall–Kier alpha value is -1.88. The van der Waals surface area contributed by atoms with Crippen molar-refractivity contribution in [2.75, 3.05) is 0 Å². The number of hydrogen-bond donors (Lipinski definition) is 1. The molecule has 0 radical (unpaired) electrons. The summed E-state index contributed by atoms with van der Waals surface area (Å²) in [4.78, 5) is 19.7. The van der Waals surface area contributed by atoms with Crippen molar-refractivity contribution in [1.29, 1.82) is 0 Å². The van der Waals surface area contributed by atoms with Crippen LogP contribution in [0.1, 0.15) is 21.6 Å². The van der Waals surface area contributed by atoms with Gasteiger partial charge in [0.05, 0.1) is 5.56 Å². The van der Waals surface area contributed by atoms with E-state index in [4.69, 9.17) is 0 Å². The van der Waals surface area contributed by atoms with E-state index in [0.717, 1.165) is 10.7 Å². The van der Waals surface area contributed by atoms with Gasteiger partial charge in [-0.1, -0.05) is 6.07 Å². The van der Waals surface area contributed by atoms with E-state index in [1.54, 1.807) is 19.2 Å². The molecule has 4 nitrogen and oxygen atoms in total. The monoisotopic (exact) mass is 260 g/mol. The summed E-state index contributed by atoms with van der Waals surface area (Å²) in [7, 11) is 0. The molecule has 0 spiro atoms. The zero-order chi connectivity index (χ0) is 13.1. The van der Waals surface area contributed by atoms with Gasteiger partial charge in [0.2, 0.25) is 0 Å². The van der Waals surface area contributed by atoms with E-state index in [2.05, 4.69) is 9.97 Å². The SMILES string of the molecule is Cc1cc(C)c(C(=O)O)c(Sc2ccccn2)n1. The maximum atomic E-state index is 11.3. The number of aryl methyl sites for hydroxylation is 2. The predicted octanol–water partition coefficient (Wildman–Crippen LogP) is 2.94. The van der Waals surface area contributed by atoms with Gasteiger partial charge in [-0.15, -0.1) is 0 Å². The number of hydrogen-bond acceptors (Lipinski definition) is 4. The van der Waals surface area contributed by atoms with E-state index in [-0.39, 0.29) is 5.56 Å². The molecule has 0 fully saturated rings. The van der Waals surface area contributed by atoms with Gasteiger partial charge in [0.25, 0.3) is 0 Å². The minimum atomic E-state index is -0.960. The van der Waals surface area contributed by atoms with E-state index >= 15 is 0 Å². The number of aromatic carboxylic acids is 1. The highest BCUT2D eigenvalue weighted by Gasteiger charge is 2.16. The Kier molecular flexibility index (Phi) is 3.62. The lowest BCUT2D eigenvalue weighted by molar-refractivity contribution is 0.0691. The first-order valence-electron chi connectivity index (χ1n) is 5.38. The van der Waals surface area contributed by atoms with Gasteiger partial charge in [-0.2, -0.15) is 0 Å². The number of pyridine rings is 2. The third-order valence-electron chi connectivity index (χ3n) is 2.36. The lowest BCUT2D eigenvalue weighted by Crippen LogP contribution is -2.05. The largest absolute Gasteiger partial charge is 0.478 e. The molecular formula is C13H12N2O2S. The molecule has 18 heavy (non-hydrogen) atoms. The molecule has 0 aliphatic rings. The van der Waals surface area contributed by atoms with E-state index < -0.39 is 5.97 Å². The predicted molar refractivity (Wildman–Crippen MR) is 69.0 cm³/mol. The summed E-state index contributed by atoms with van der Waals surface area (Å²) >= 11 is 1.27. The number of carboxylic acids is 1. The van der Waals surface area contributed by atoms with E-state index in [9.17, 15) is 9.90 Å². The third-order valence-corrected chi connectivity index (χ3v) is 3.30. The summed E-state index contributed by atoms with van der Waals surface area (Å²) in [5.41, 5.74) is 1.76. The number of carbonyl (C=O) groups is 1. The molecular weight excluding hydrogens is 248 g/mol. The van der Waals surface area contributed by atoms with Gasteiger partial charge in [0, 0.05) is 11.9 Å². The number of rotatable bonds is 3. The molecule has 5 heteroatoms. The summed E-state index contributed by atoms with van der Waals surface area (Å²) < 4.78 is 0. The Labute approximate surface area is 109 Å². The first kappa shape index (κ1) is 12.6. The molecule has 0 saturated carbocycles. The molecule has 0 bridgehead atoms. The molecule has 0 unspecified atom stereocenters. The van der Waals surface area contributed by atoms with E-state index in [1.807, 2.05) is 25.1 Å². The fourth-order valence-electron chi connectivity index (χ4n) is 1.64. The second-order valence-corrected chi connectivity index (χ2v) is 4.84. The minimum Gasteiger partial charge on any atom is -0.478 e. The first-order chi connectivity index (χ1) is 8.58. The van der Waals surface area contributed by atoms with Gasteiger partial charge in [-0.3, -0.25) is 0 Å². The Morgan fingerprint density at radius 2 is 2.11 bits per heavy atom. The quantitative estimate of drug-likeness (QED) is 0.919. The van der Waals surface area contributed by atoms with Crippen molar-refractivity contribution in [3.8, 4) is 0 Å². The molecule has 0 amide bonds. The van der Waals surface area contributed by atoms with Crippen LogP contribution in [0, 0.1) is 13.8 Å². The van der Waals surface area contributed by atoms with Crippen LogP contribution in [0.3, 0.4) is 0 Å². The van der Waals surface area contributed by atoms with Crippen molar-refractivity contribution in [3.05, 3.63) is 47.3 Å². The summed E-state index contributed by atoms with van der Waals surface area (Å²) in [6, 6.07) is 7.27. The summed E-state index contributed by atoms with van der Waals surface area (Å²) in [6.07, 6.45) is 1.67. The molecule has 0 aliphatic carbocycles. The standard InChI is InChI=1S/C13H12N2O2S/c1-8-7-9(2)15-12(11(8)13(16)17)18-10-5-3-4-6-14-10/h3-7H,1-2H3,(H,16,17). The Bertz CT molecular complexity index is 585.